The largest absolute Gasteiger partial charge is 1.00 e. The van der Waals surface area contributed by atoms with Crippen LogP contribution in [0.3, 0.4) is 0 Å². The summed E-state index contributed by atoms with van der Waals surface area (Å²) in [4.78, 5) is 0. The Morgan fingerprint density at radius 2 is 2.00 bits per heavy atom. The van der Waals surface area contributed by atoms with Crippen LogP contribution in [0.4, 0.5) is 0 Å². The standard InChI is InChI=1S/C11H15NO5S2.K/c13-7-4-8-18-11(12-17-19(14,15)16)9-10-5-2-1-3-6-10;/h1-3,5-6,13H,4,7-9H2,(H,14,15,16);/q;+1/p-1/b12-11+;. The molecule has 9 heteroatoms. The van der Waals surface area contributed by atoms with Gasteiger partial charge in [0.25, 0.3) is 10.4 Å². The Morgan fingerprint density at radius 3 is 2.55 bits per heavy atom. The van der Waals surface area contributed by atoms with E-state index in [2.05, 4.69) is 9.44 Å². The monoisotopic (exact) mass is 343 g/mol. The number of benzene rings is 1. The molecule has 0 saturated carbocycles. The van der Waals surface area contributed by atoms with Crippen molar-refractivity contribution >= 4 is 27.2 Å². The van der Waals surface area contributed by atoms with Crippen LogP contribution in [-0.2, 0) is 21.1 Å². The smallest absolute Gasteiger partial charge is 0.714 e. The molecule has 0 heterocycles. The first-order chi connectivity index (χ1) is 9.01. The normalized spacial score (nSPS) is 11.8. The minimum Gasteiger partial charge on any atom is -0.714 e. The van der Waals surface area contributed by atoms with E-state index in [9.17, 15) is 13.0 Å². The van der Waals surface area contributed by atoms with Crippen LogP contribution in [0.15, 0.2) is 35.5 Å². The van der Waals surface area contributed by atoms with Gasteiger partial charge < -0.3 is 9.66 Å². The summed E-state index contributed by atoms with van der Waals surface area (Å²) in [5.74, 6) is 0.560. The van der Waals surface area contributed by atoms with E-state index in [1.807, 2.05) is 30.3 Å². The van der Waals surface area contributed by atoms with Gasteiger partial charge in [-0.3, -0.25) is 4.28 Å². The summed E-state index contributed by atoms with van der Waals surface area (Å²) in [6.45, 7) is 0.0341. The number of thioether (sulfide) groups is 1. The second-order valence-electron chi connectivity index (χ2n) is 3.56. The van der Waals surface area contributed by atoms with Crippen LogP contribution in [0.25, 0.3) is 0 Å². The maximum absolute atomic E-state index is 10.4. The molecule has 0 radical (unpaired) electrons. The summed E-state index contributed by atoms with van der Waals surface area (Å²) in [6.07, 6.45) is 0.912. The topological polar surface area (TPSA) is 99.0 Å². The van der Waals surface area contributed by atoms with Crippen molar-refractivity contribution in [3.8, 4) is 0 Å². The van der Waals surface area contributed by atoms with E-state index in [-0.39, 0.29) is 58.0 Å². The van der Waals surface area contributed by atoms with E-state index in [0.29, 0.717) is 23.6 Å². The van der Waals surface area contributed by atoms with E-state index in [4.69, 9.17) is 5.11 Å². The number of hydrogen-bond acceptors (Lipinski definition) is 7. The zero-order valence-electron chi connectivity index (χ0n) is 11.1. The molecule has 1 N–H and O–H groups in total. The molecule has 0 atom stereocenters. The number of rotatable bonds is 7. The fourth-order valence-corrected chi connectivity index (χ4v) is 2.32. The molecule has 0 aliphatic heterocycles. The summed E-state index contributed by atoms with van der Waals surface area (Å²) in [5, 5.41) is 12.4. The van der Waals surface area contributed by atoms with E-state index < -0.39 is 10.4 Å². The third-order valence-corrected chi connectivity index (χ3v) is 3.30. The molecule has 20 heavy (non-hydrogen) atoms. The first-order valence-electron chi connectivity index (χ1n) is 5.50. The van der Waals surface area contributed by atoms with Crippen LogP contribution < -0.4 is 51.4 Å². The molecule has 0 aliphatic carbocycles. The van der Waals surface area contributed by atoms with Gasteiger partial charge in [0.2, 0.25) is 0 Å². The Kier molecular flexibility index (Phi) is 11.5. The molecule has 0 aliphatic rings. The molecule has 6 nitrogen and oxygen atoms in total. The number of nitrogens with zero attached hydrogens (tertiary/aromatic N) is 1. The number of hydrogen-bond donors (Lipinski definition) is 1. The zero-order valence-corrected chi connectivity index (χ0v) is 15.8. The summed E-state index contributed by atoms with van der Waals surface area (Å²) < 4.78 is 35.1. The minimum absolute atomic E-state index is 0. The molecule has 0 spiro atoms. The molecule has 0 saturated heterocycles. The Bertz CT molecular complexity index is 507. The van der Waals surface area contributed by atoms with Gasteiger partial charge in [-0.15, -0.1) is 11.8 Å². The molecule has 0 bridgehead atoms. The van der Waals surface area contributed by atoms with Crippen LogP contribution in [0.5, 0.6) is 0 Å². The van der Waals surface area contributed by atoms with E-state index in [0.717, 1.165) is 5.56 Å². The molecule has 0 aromatic heterocycles. The van der Waals surface area contributed by atoms with Crippen molar-refractivity contribution in [2.45, 2.75) is 12.8 Å². The van der Waals surface area contributed by atoms with Gasteiger partial charge in [-0.1, -0.05) is 35.5 Å². The van der Waals surface area contributed by atoms with Crippen molar-refractivity contribution in [1.29, 1.82) is 0 Å². The first kappa shape index (κ1) is 20.5. The van der Waals surface area contributed by atoms with Crippen molar-refractivity contribution in [3.05, 3.63) is 35.9 Å². The van der Waals surface area contributed by atoms with Gasteiger partial charge in [0.05, 0.1) is 0 Å². The number of aliphatic hydroxyl groups excluding tert-OH is 1. The van der Waals surface area contributed by atoms with Gasteiger partial charge in [-0.25, -0.2) is 0 Å². The zero-order chi connectivity index (χ0) is 14.1. The quantitative estimate of drug-likeness (QED) is 0.119. The average Bonchev–Trinajstić information content (AvgIpc) is 2.36. The SMILES string of the molecule is O=S(=O)([O-])O/N=C(\Cc1ccccc1)SCCCO.[K+]. The third-order valence-electron chi connectivity index (χ3n) is 2.00. The summed E-state index contributed by atoms with van der Waals surface area (Å²) in [7, 11) is -4.84. The van der Waals surface area contributed by atoms with Gasteiger partial charge >= 0.3 is 51.4 Å². The Hall–Kier alpha value is 0.546. The Labute approximate surface area is 165 Å². The third kappa shape index (κ3) is 10.3. The molecule has 0 fully saturated rings. The van der Waals surface area contributed by atoms with Crippen molar-refractivity contribution in [2.24, 2.45) is 5.16 Å². The first-order valence-corrected chi connectivity index (χ1v) is 7.82. The maximum atomic E-state index is 10.4. The van der Waals surface area contributed by atoms with Gasteiger partial charge in [0.15, 0.2) is 0 Å². The van der Waals surface area contributed by atoms with Crippen LogP contribution in [0.1, 0.15) is 12.0 Å². The fraction of sp³-hybridized carbons (Fsp3) is 0.364. The molecule has 0 amide bonds. The van der Waals surface area contributed by atoms with Gasteiger partial charge in [0, 0.05) is 18.8 Å². The second kappa shape index (κ2) is 11.2. The molecule has 1 aromatic rings. The molecule has 0 unspecified atom stereocenters. The van der Waals surface area contributed by atoms with Crippen LogP contribution in [-0.4, -0.2) is 35.5 Å². The average molecular weight is 343 g/mol. The predicted octanol–water partition coefficient (Wildman–Crippen LogP) is -1.86. The number of aliphatic hydroxyl groups is 1. The van der Waals surface area contributed by atoms with Crippen LogP contribution >= 0.6 is 11.8 Å². The van der Waals surface area contributed by atoms with Gasteiger partial charge in [-0.05, 0) is 12.0 Å². The van der Waals surface area contributed by atoms with E-state index in [1.54, 1.807) is 0 Å². The summed E-state index contributed by atoms with van der Waals surface area (Å²) >= 11 is 1.24. The van der Waals surface area contributed by atoms with E-state index >= 15 is 0 Å². The fourth-order valence-electron chi connectivity index (χ4n) is 1.22. The molecular weight excluding hydrogens is 329 g/mol. The molecular formula is C11H14KNO5S2. The van der Waals surface area contributed by atoms with Crippen molar-refractivity contribution in [3.63, 3.8) is 0 Å². The number of oxime groups is 1. The predicted molar refractivity (Wildman–Crippen MR) is 72.5 cm³/mol. The van der Waals surface area contributed by atoms with Crippen LogP contribution in [0, 0.1) is 0 Å². The Morgan fingerprint density at radius 1 is 1.35 bits per heavy atom. The van der Waals surface area contributed by atoms with Crippen molar-refractivity contribution in [2.75, 3.05) is 12.4 Å². The minimum atomic E-state index is -4.84. The van der Waals surface area contributed by atoms with Crippen molar-refractivity contribution < 1.29 is 73.7 Å². The van der Waals surface area contributed by atoms with E-state index in [1.165, 1.54) is 11.8 Å². The van der Waals surface area contributed by atoms with Gasteiger partial charge in [-0.2, -0.15) is 8.42 Å². The molecule has 106 valence electrons. The van der Waals surface area contributed by atoms with Gasteiger partial charge in [0.1, 0.15) is 5.04 Å². The maximum Gasteiger partial charge on any atom is 1.00 e. The van der Waals surface area contributed by atoms with Crippen LogP contribution in [0.2, 0.25) is 0 Å². The molecule has 1 aromatic carbocycles. The summed E-state index contributed by atoms with van der Waals surface area (Å²) in [6, 6.07) is 9.26. The second-order valence-corrected chi connectivity index (χ2v) is 5.69. The van der Waals surface area contributed by atoms with Crippen molar-refractivity contribution in [1.82, 2.24) is 0 Å². The summed E-state index contributed by atoms with van der Waals surface area (Å²) in [5.41, 5.74) is 0.921. The Balaban J connectivity index is 0.00000361. The molecule has 1 rings (SSSR count).